The van der Waals surface area contributed by atoms with Crippen molar-refractivity contribution < 1.29 is 14.2 Å². The summed E-state index contributed by atoms with van der Waals surface area (Å²) in [5.41, 5.74) is 0.825. The highest BCUT2D eigenvalue weighted by Gasteiger charge is 2.06. The second-order valence-corrected chi connectivity index (χ2v) is 4.24. The van der Waals surface area contributed by atoms with Crippen LogP contribution in [0.5, 0.6) is 0 Å². The van der Waals surface area contributed by atoms with Gasteiger partial charge in [-0.1, -0.05) is 25.5 Å². The smallest absolute Gasteiger partial charge is 0.123 e. The van der Waals surface area contributed by atoms with Crippen LogP contribution in [0.3, 0.4) is 0 Å². The van der Waals surface area contributed by atoms with Crippen molar-refractivity contribution in [3.8, 4) is 0 Å². The summed E-state index contributed by atoms with van der Waals surface area (Å²) in [6.45, 7) is 3.43. The highest BCUT2D eigenvalue weighted by Crippen LogP contribution is 2.08. The van der Waals surface area contributed by atoms with Gasteiger partial charge in [0.1, 0.15) is 5.82 Å². The molecule has 96 valence electrons. The molecule has 1 atom stereocenters. The van der Waals surface area contributed by atoms with Crippen molar-refractivity contribution in [2.45, 2.75) is 38.7 Å². The molecule has 0 spiro atoms. The summed E-state index contributed by atoms with van der Waals surface area (Å²) in [5.74, 6) is -0.256. The van der Waals surface area contributed by atoms with Crippen molar-refractivity contribution in [3.63, 3.8) is 0 Å². The number of aliphatic hydroxyl groups is 1. The number of halogens is 1. The number of benzene rings is 1. The van der Waals surface area contributed by atoms with Gasteiger partial charge in [0.15, 0.2) is 0 Å². The van der Waals surface area contributed by atoms with Crippen LogP contribution in [0.15, 0.2) is 24.3 Å². The van der Waals surface area contributed by atoms with Gasteiger partial charge < -0.3 is 9.84 Å². The molecular formula is C14H21FO2. The number of unbranched alkanes of at least 4 members (excludes halogenated alkanes) is 1. The fourth-order valence-electron chi connectivity index (χ4n) is 1.61. The zero-order chi connectivity index (χ0) is 12.5. The molecule has 0 aliphatic carbocycles. The monoisotopic (exact) mass is 240 g/mol. The summed E-state index contributed by atoms with van der Waals surface area (Å²) >= 11 is 0. The Kier molecular flexibility index (Phi) is 6.82. The first-order valence-electron chi connectivity index (χ1n) is 6.22. The Bertz CT molecular complexity index is 315. The van der Waals surface area contributed by atoms with E-state index in [2.05, 4.69) is 6.92 Å². The molecule has 0 fully saturated rings. The van der Waals surface area contributed by atoms with E-state index < -0.39 is 6.10 Å². The standard InChI is InChI=1S/C14H21FO2/c1-2-3-8-17-9-7-14(16)11-12-5-4-6-13(15)10-12/h4-6,10,14,16H,2-3,7-9,11H2,1H3. The molecule has 0 heterocycles. The predicted molar refractivity (Wildman–Crippen MR) is 66.5 cm³/mol. The summed E-state index contributed by atoms with van der Waals surface area (Å²) in [5, 5.41) is 9.75. The zero-order valence-electron chi connectivity index (χ0n) is 10.4. The Hall–Kier alpha value is -0.930. The van der Waals surface area contributed by atoms with Crippen LogP contribution in [0.1, 0.15) is 31.7 Å². The second kappa shape index (κ2) is 8.20. The summed E-state index contributed by atoms with van der Waals surface area (Å²) in [7, 11) is 0. The maximum atomic E-state index is 12.9. The zero-order valence-corrected chi connectivity index (χ0v) is 10.4. The van der Waals surface area contributed by atoms with Crippen molar-refractivity contribution in [2.75, 3.05) is 13.2 Å². The third-order valence-electron chi connectivity index (χ3n) is 2.60. The highest BCUT2D eigenvalue weighted by atomic mass is 19.1. The van der Waals surface area contributed by atoms with Crippen LogP contribution in [-0.4, -0.2) is 24.4 Å². The van der Waals surface area contributed by atoms with E-state index in [1.807, 2.05) is 6.07 Å². The minimum atomic E-state index is -0.460. The van der Waals surface area contributed by atoms with Gasteiger partial charge in [0, 0.05) is 13.2 Å². The SMILES string of the molecule is CCCCOCCC(O)Cc1cccc(F)c1. The minimum Gasteiger partial charge on any atom is -0.393 e. The van der Waals surface area contributed by atoms with Gasteiger partial charge in [-0.25, -0.2) is 4.39 Å². The van der Waals surface area contributed by atoms with Crippen LogP contribution in [0.4, 0.5) is 4.39 Å². The first-order chi connectivity index (χ1) is 8.22. The van der Waals surface area contributed by atoms with Gasteiger partial charge in [0.25, 0.3) is 0 Å². The summed E-state index contributed by atoms with van der Waals surface area (Å²) in [6, 6.07) is 6.35. The van der Waals surface area contributed by atoms with Crippen molar-refractivity contribution in [1.29, 1.82) is 0 Å². The Balaban J connectivity index is 2.18. The van der Waals surface area contributed by atoms with Crippen molar-refractivity contribution in [3.05, 3.63) is 35.6 Å². The third-order valence-corrected chi connectivity index (χ3v) is 2.60. The second-order valence-electron chi connectivity index (χ2n) is 4.24. The van der Waals surface area contributed by atoms with Gasteiger partial charge in [-0.3, -0.25) is 0 Å². The molecule has 2 nitrogen and oxygen atoms in total. The van der Waals surface area contributed by atoms with E-state index in [0.29, 0.717) is 19.4 Å². The van der Waals surface area contributed by atoms with Crippen molar-refractivity contribution in [1.82, 2.24) is 0 Å². The van der Waals surface area contributed by atoms with Crippen LogP contribution in [0, 0.1) is 5.82 Å². The molecule has 17 heavy (non-hydrogen) atoms. The molecule has 3 heteroatoms. The molecule has 0 saturated heterocycles. The van der Waals surface area contributed by atoms with E-state index in [4.69, 9.17) is 4.74 Å². The van der Waals surface area contributed by atoms with E-state index >= 15 is 0 Å². The normalized spacial score (nSPS) is 12.6. The van der Waals surface area contributed by atoms with Crippen LogP contribution in [0.25, 0.3) is 0 Å². The predicted octanol–water partition coefficient (Wildman–Crippen LogP) is 2.94. The number of hydrogen-bond acceptors (Lipinski definition) is 2. The first kappa shape index (κ1) is 14.1. The van der Waals surface area contributed by atoms with Crippen molar-refractivity contribution in [2.24, 2.45) is 0 Å². The summed E-state index contributed by atoms with van der Waals surface area (Å²) in [4.78, 5) is 0. The molecule has 0 aliphatic heterocycles. The van der Waals surface area contributed by atoms with Crippen LogP contribution in [-0.2, 0) is 11.2 Å². The molecular weight excluding hydrogens is 219 g/mol. The van der Waals surface area contributed by atoms with Gasteiger partial charge in [-0.05, 0) is 37.0 Å². The number of aliphatic hydroxyl groups excluding tert-OH is 1. The van der Waals surface area contributed by atoms with Gasteiger partial charge in [0.2, 0.25) is 0 Å². The van der Waals surface area contributed by atoms with Gasteiger partial charge in [-0.2, -0.15) is 0 Å². The average Bonchev–Trinajstić information content (AvgIpc) is 2.29. The maximum absolute atomic E-state index is 12.9. The Morgan fingerprint density at radius 2 is 2.18 bits per heavy atom. The lowest BCUT2D eigenvalue weighted by molar-refractivity contribution is 0.0807. The molecule has 0 saturated carbocycles. The molecule has 0 bridgehead atoms. The minimum absolute atomic E-state index is 0.256. The average molecular weight is 240 g/mol. The molecule has 0 aromatic heterocycles. The lowest BCUT2D eigenvalue weighted by Gasteiger charge is -2.11. The maximum Gasteiger partial charge on any atom is 0.123 e. The van der Waals surface area contributed by atoms with Crippen LogP contribution < -0.4 is 0 Å². The van der Waals surface area contributed by atoms with Crippen LogP contribution >= 0.6 is 0 Å². The first-order valence-corrected chi connectivity index (χ1v) is 6.22. The van der Waals surface area contributed by atoms with Gasteiger partial charge in [0.05, 0.1) is 6.10 Å². The topological polar surface area (TPSA) is 29.5 Å². The Morgan fingerprint density at radius 1 is 1.35 bits per heavy atom. The number of rotatable bonds is 8. The molecule has 0 aliphatic rings. The van der Waals surface area contributed by atoms with Gasteiger partial charge in [-0.15, -0.1) is 0 Å². The van der Waals surface area contributed by atoms with E-state index in [1.165, 1.54) is 12.1 Å². The Morgan fingerprint density at radius 3 is 2.88 bits per heavy atom. The summed E-state index contributed by atoms with van der Waals surface area (Å²) < 4.78 is 18.3. The van der Waals surface area contributed by atoms with E-state index in [1.54, 1.807) is 6.07 Å². The molecule has 1 aromatic carbocycles. The quantitative estimate of drug-likeness (QED) is 0.708. The largest absolute Gasteiger partial charge is 0.393 e. The van der Waals surface area contributed by atoms with Crippen LogP contribution in [0.2, 0.25) is 0 Å². The van der Waals surface area contributed by atoms with E-state index in [0.717, 1.165) is 25.0 Å². The van der Waals surface area contributed by atoms with Crippen molar-refractivity contribution >= 4 is 0 Å². The lowest BCUT2D eigenvalue weighted by Crippen LogP contribution is -2.14. The number of hydrogen-bond donors (Lipinski definition) is 1. The van der Waals surface area contributed by atoms with Gasteiger partial charge >= 0.3 is 0 Å². The molecule has 1 aromatic rings. The van der Waals surface area contributed by atoms with E-state index in [9.17, 15) is 9.50 Å². The molecule has 1 rings (SSSR count). The molecule has 0 amide bonds. The molecule has 1 N–H and O–H groups in total. The fraction of sp³-hybridized carbons (Fsp3) is 0.571. The summed E-state index contributed by atoms with van der Waals surface area (Å²) in [6.07, 6.45) is 2.79. The molecule has 0 radical (unpaired) electrons. The highest BCUT2D eigenvalue weighted by molar-refractivity contribution is 5.16. The van der Waals surface area contributed by atoms with E-state index in [-0.39, 0.29) is 5.82 Å². The fourth-order valence-corrected chi connectivity index (χ4v) is 1.61. The molecule has 1 unspecified atom stereocenters. The lowest BCUT2D eigenvalue weighted by atomic mass is 10.1. The number of ether oxygens (including phenoxy) is 1. The Labute approximate surface area is 102 Å². The third kappa shape index (κ3) is 6.39.